The summed E-state index contributed by atoms with van der Waals surface area (Å²) in [5.41, 5.74) is 1.91. The maximum Gasteiger partial charge on any atom is 0.129 e. The first kappa shape index (κ1) is 8.53. The van der Waals surface area contributed by atoms with Gasteiger partial charge in [0.05, 0.1) is 11.7 Å². The van der Waals surface area contributed by atoms with Crippen molar-refractivity contribution < 1.29 is 4.74 Å². The number of aromatic amines is 1. The highest BCUT2D eigenvalue weighted by molar-refractivity contribution is 5.84. The van der Waals surface area contributed by atoms with E-state index in [0.29, 0.717) is 0 Å². The van der Waals surface area contributed by atoms with Crippen molar-refractivity contribution in [2.75, 3.05) is 0 Å². The molecule has 0 aliphatic carbocycles. The molecule has 1 aliphatic rings. The molecule has 0 saturated carbocycles. The van der Waals surface area contributed by atoms with E-state index < -0.39 is 0 Å². The van der Waals surface area contributed by atoms with Crippen LogP contribution in [-0.2, 0) is 0 Å². The van der Waals surface area contributed by atoms with Crippen LogP contribution in [0.25, 0.3) is 17.0 Å². The van der Waals surface area contributed by atoms with Crippen molar-refractivity contribution in [3.05, 3.63) is 30.0 Å². The van der Waals surface area contributed by atoms with Crippen LogP contribution in [0.4, 0.5) is 0 Å². The zero-order valence-corrected chi connectivity index (χ0v) is 8.74. The van der Waals surface area contributed by atoms with Crippen molar-refractivity contribution in [2.24, 2.45) is 0 Å². The molecule has 2 aromatic rings. The molecule has 1 aromatic heterocycles. The number of nitrogens with zero attached hydrogens (tertiary/aromatic N) is 1. The Morgan fingerprint density at radius 2 is 2.20 bits per heavy atom. The Bertz CT molecular complexity index is 552. The maximum absolute atomic E-state index is 5.86. The molecule has 3 rings (SSSR count). The summed E-state index contributed by atoms with van der Waals surface area (Å²) in [5, 5.41) is 8.06. The SMILES string of the molecule is CC1(C)C=Cc2cc3cn[nH]c3cc2O1. The summed E-state index contributed by atoms with van der Waals surface area (Å²) in [6, 6.07) is 4.09. The van der Waals surface area contributed by atoms with Gasteiger partial charge in [-0.25, -0.2) is 0 Å². The van der Waals surface area contributed by atoms with Crippen LogP contribution in [0.1, 0.15) is 19.4 Å². The van der Waals surface area contributed by atoms with Gasteiger partial charge in [-0.1, -0.05) is 6.08 Å². The molecular formula is C12H12N2O. The molecule has 0 radical (unpaired) electrons. The van der Waals surface area contributed by atoms with Gasteiger partial charge in [-0.3, -0.25) is 5.10 Å². The van der Waals surface area contributed by atoms with Crippen molar-refractivity contribution >= 4 is 17.0 Å². The highest BCUT2D eigenvalue weighted by Gasteiger charge is 2.21. The fraction of sp³-hybridized carbons (Fsp3) is 0.250. The largest absolute Gasteiger partial charge is 0.483 e. The molecule has 1 aliphatic heterocycles. The van der Waals surface area contributed by atoms with E-state index in [-0.39, 0.29) is 5.60 Å². The number of fused-ring (bicyclic) bond motifs is 2. The van der Waals surface area contributed by atoms with Crippen LogP contribution in [0.15, 0.2) is 24.4 Å². The lowest BCUT2D eigenvalue weighted by Gasteiger charge is -2.27. The van der Waals surface area contributed by atoms with Gasteiger partial charge in [0.25, 0.3) is 0 Å². The average Bonchev–Trinajstić information content (AvgIpc) is 2.60. The van der Waals surface area contributed by atoms with Gasteiger partial charge in [-0.05, 0) is 26.0 Å². The van der Waals surface area contributed by atoms with Gasteiger partial charge >= 0.3 is 0 Å². The first-order valence-corrected chi connectivity index (χ1v) is 4.99. The lowest BCUT2D eigenvalue weighted by atomic mass is 10.0. The van der Waals surface area contributed by atoms with Crippen LogP contribution in [0, 0.1) is 0 Å². The van der Waals surface area contributed by atoms with Gasteiger partial charge in [-0.2, -0.15) is 5.10 Å². The van der Waals surface area contributed by atoms with Crippen molar-refractivity contribution in [1.82, 2.24) is 10.2 Å². The van der Waals surface area contributed by atoms with Crippen LogP contribution in [0.2, 0.25) is 0 Å². The molecule has 0 atom stereocenters. The summed E-state index contributed by atoms with van der Waals surface area (Å²) in [6.45, 7) is 4.09. The molecule has 0 saturated heterocycles. The first-order valence-electron chi connectivity index (χ1n) is 4.99. The number of hydrogen-bond acceptors (Lipinski definition) is 2. The number of ether oxygens (including phenoxy) is 1. The lowest BCUT2D eigenvalue weighted by Crippen LogP contribution is -2.27. The molecule has 0 spiro atoms. The molecule has 3 nitrogen and oxygen atoms in total. The highest BCUT2D eigenvalue weighted by Crippen LogP contribution is 2.33. The van der Waals surface area contributed by atoms with Crippen molar-refractivity contribution in [3.8, 4) is 5.75 Å². The van der Waals surface area contributed by atoms with Crippen molar-refractivity contribution in [3.63, 3.8) is 0 Å². The molecule has 0 unspecified atom stereocenters. The quantitative estimate of drug-likeness (QED) is 0.710. The molecule has 0 fully saturated rings. The zero-order valence-electron chi connectivity index (χ0n) is 8.74. The minimum Gasteiger partial charge on any atom is -0.483 e. The molecule has 1 aromatic carbocycles. The third-order valence-electron chi connectivity index (χ3n) is 2.61. The number of rotatable bonds is 0. The second-order valence-electron chi connectivity index (χ2n) is 4.39. The molecule has 15 heavy (non-hydrogen) atoms. The summed E-state index contributed by atoms with van der Waals surface area (Å²) in [7, 11) is 0. The number of benzene rings is 1. The van der Waals surface area contributed by atoms with Gasteiger partial charge in [0.1, 0.15) is 11.4 Å². The van der Waals surface area contributed by atoms with Gasteiger partial charge in [0, 0.05) is 17.0 Å². The fourth-order valence-electron chi connectivity index (χ4n) is 1.82. The summed E-state index contributed by atoms with van der Waals surface area (Å²) < 4.78 is 5.86. The van der Waals surface area contributed by atoms with Gasteiger partial charge in [0.2, 0.25) is 0 Å². The molecule has 76 valence electrons. The number of nitrogens with one attached hydrogen (secondary N) is 1. The third-order valence-corrected chi connectivity index (χ3v) is 2.61. The van der Waals surface area contributed by atoms with E-state index in [2.05, 4.69) is 28.4 Å². The van der Waals surface area contributed by atoms with Crippen LogP contribution in [0.5, 0.6) is 5.75 Å². The molecule has 3 heteroatoms. The van der Waals surface area contributed by atoms with E-state index in [9.17, 15) is 0 Å². The Morgan fingerprint density at radius 3 is 3.07 bits per heavy atom. The topological polar surface area (TPSA) is 37.9 Å². The van der Waals surface area contributed by atoms with Gasteiger partial charge in [0.15, 0.2) is 0 Å². The third kappa shape index (κ3) is 1.31. The molecular weight excluding hydrogens is 188 g/mol. The predicted molar refractivity (Wildman–Crippen MR) is 59.8 cm³/mol. The molecule has 0 bridgehead atoms. The Morgan fingerprint density at radius 1 is 1.33 bits per heavy atom. The van der Waals surface area contributed by atoms with E-state index >= 15 is 0 Å². The van der Waals surface area contributed by atoms with Gasteiger partial charge < -0.3 is 4.74 Å². The van der Waals surface area contributed by atoms with Crippen LogP contribution < -0.4 is 4.74 Å². The fourth-order valence-corrected chi connectivity index (χ4v) is 1.82. The highest BCUT2D eigenvalue weighted by atomic mass is 16.5. The minimum atomic E-state index is -0.222. The van der Waals surface area contributed by atoms with Gasteiger partial charge in [-0.15, -0.1) is 0 Å². The number of H-pyrrole nitrogens is 1. The monoisotopic (exact) mass is 200 g/mol. The first-order chi connectivity index (χ1) is 7.14. The second kappa shape index (κ2) is 2.63. The smallest absolute Gasteiger partial charge is 0.129 e. The van der Waals surface area contributed by atoms with E-state index in [4.69, 9.17) is 4.74 Å². The second-order valence-corrected chi connectivity index (χ2v) is 4.39. The van der Waals surface area contributed by atoms with Crippen molar-refractivity contribution in [1.29, 1.82) is 0 Å². The van der Waals surface area contributed by atoms with E-state index in [1.54, 1.807) is 0 Å². The number of aromatic nitrogens is 2. The van der Waals surface area contributed by atoms with E-state index in [0.717, 1.165) is 22.2 Å². The predicted octanol–water partition coefficient (Wildman–Crippen LogP) is 2.75. The average molecular weight is 200 g/mol. The standard InChI is InChI=1S/C12H12N2O/c1-12(2)4-3-8-5-9-7-13-14-10(9)6-11(8)15-12/h3-7H,1-2H3,(H,13,14). The summed E-state index contributed by atoms with van der Waals surface area (Å²) >= 11 is 0. The minimum absolute atomic E-state index is 0.222. The van der Waals surface area contributed by atoms with Crippen molar-refractivity contribution in [2.45, 2.75) is 19.4 Å². The Labute approximate surface area is 87.8 Å². The summed E-state index contributed by atoms with van der Waals surface area (Å²) in [4.78, 5) is 0. The summed E-state index contributed by atoms with van der Waals surface area (Å²) in [5.74, 6) is 0.916. The normalized spacial score (nSPS) is 17.5. The Kier molecular flexibility index (Phi) is 1.49. The van der Waals surface area contributed by atoms with E-state index in [1.165, 1.54) is 0 Å². The van der Waals surface area contributed by atoms with Crippen LogP contribution in [0.3, 0.4) is 0 Å². The molecule has 2 heterocycles. The van der Waals surface area contributed by atoms with E-state index in [1.807, 2.05) is 26.1 Å². The molecule has 1 N–H and O–H groups in total. The van der Waals surface area contributed by atoms with Crippen LogP contribution >= 0.6 is 0 Å². The Balaban J connectivity index is 2.23. The Hall–Kier alpha value is -1.77. The van der Waals surface area contributed by atoms with Crippen LogP contribution in [-0.4, -0.2) is 15.8 Å². The molecule has 0 amide bonds. The zero-order chi connectivity index (χ0) is 10.5. The number of hydrogen-bond donors (Lipinski definition) is 1. The maximum atomic E-state index is 5.86. The summed E-state index contributed by atoms with van der Waals surface area (Å²) in [6.07, 6.45) is 6.00. The lowest BCUT2D eigenvalue weighted by molar-refractivity contribution is 0.159.